The maximum absolute atomic E-state index is 12.8. The van der Waals surface area contributed by atoms with E-state index in [1.807, 2.05) is 6.92 Å². The number of rotatable bonds is 7. The Bertz CT molecular complexity index is 833. The predicted molar refractivity (Wildman–Crippen MR) is 119 cm³/mol. The van der Waals surface area contributed by atoms with Gasteiger partial charge in [-0.05, 0) is 55.5 Å². The van der Waals surface area contributed by atoms with Crippen LogP contribution in [-0.4, -0.2) is 40.3 Å². The molecule has 0 aromatic heterocycles. The lowest BCUT2D eigenvalue weighted by molar-refractivity contribution is 0.0939. The van der Waals surface area contributed by atoms with Crippen LogP contribution in [0.15, 0.2) is 36.4 Å². The van der Waals surface area contributed by atoms with Crippen molar-refractivity contribution in [1.82, 2.24) is 5.32 Å². The van der Waals surface area contributed by atoms with Gasteiger partial charge in [-0.15, -0.1) is 0 Å². The van der Waals surface area contributed by atoms with Gasteiger partial charge in [0.1, 0.15) is 0 Å². The Balaban J connectivity index is 1.69. The first-order valence-corrected chi connectivity index (χ1v) is 10.4. The van der Waals surface area contributed by atoms with Crippen molar-refractivity contribution in [2.45, 2.75) is 32.7 Å². The van der Waals surface area contributed by atoms with Gasteiger partial charge in [-0.1, -0.05) is 19.1 Å². The predicted octanol–water partition coefficient (Wildman–Crippen LogP) is 4.44. The van der Waals surface area contributed by atoms with Crippen molar-refractivity contribution in [3.63, 3.8) is 0 Å². The molecule has 2 aromatic rings. The van der Waals surface area contributed by atoms with E-state index in [1.165, 1.54) is 39.9 Å². The molecule has 1 atom stereocenters. The van der Waals surface area contributed by atoms with Crippen LogP contribution in [0.25, 0.3) is 0 Å². The Hall–Kier alpha value is -2.89. The lowest BCUT2D eigenvalue weighted by atomic mass is 9.98. The molecule has 1 amide bonds. The molecule has 30 heavy (non-hydrogen) atoms. The molecule has 2 aromatic carbocycles. The minimum absolute atomic E-state index is 0.132. The molecule has 1 N–H and O–H groups in total. The monoisotopic (exact) mass is 412 g/mol. The fraction of sp³-hybridized carbons (Fsp3) is 0.458. The molecule has 0 radical (unpaired) electrons. The van der Waals surface area contributed by atoms with Crippen LogP contribution in [0.4, 0.5) is 5.69 Å². The van der Waals surface area contributed by atoms with E-state index in [1.54, 1.807) is 12.1 Å². The number of methoxy groups -OCH3 is 3. The number of anilines is 1. The number of carbonyl (C=O) groups is 1. The second-order valence-electron chi connectivity index (χ2n) is 7.87. The molecule has 0 spiro atoms. The number of piperidine rings is 1. The van der Waals surface area contributed by atoms with Gasteiger partial charge in [-0.2, -0.15) is 0 Å². The van der Waals surface area contributed by atoms with Gasteiger partial charge in [-0.3, -0.25) is 4.79 Å². The van der Waals surface area contributed by atoms with Gasteiger partial charge in [0.2, 0.25) is 5.75 Å². The molecule has 1 fully saturated rings. The number of nitrogens with one attached hydrogen (secondary N) is 1. The molecule has 1 heterocycles. The molecular formula is C24H32N2O4. The number of hydrogen-bond donors (Lipinski definition) is 1. The Morgan fingerprint density at radius 2 is 1.57 bits per heavy atom. The van der Waals surface area contributed by atoms with Gasteiger partial charge in [0.25, 0.3) is 5.91 Å². The van der Waals surface area contributed by atoms with Crippen LogP contribution >= 0.6 is 0 Å². The van der Waals surface area contributed by atoms with Crippen molar-refractivity contribution in [1.29, 1.82) is 0 Å². The summed E-state index contributed by atoms with van der Waals surface area (Å²) in [6, 6.07) is 11.7. The molecular weight excluding hydrogens is 380 g/mol. The Morgan fingerprint density at radius 3 is 2.07 bits per heavy atom. The molecule has 1 aliphatic heterocycles. The van der Waals surface area contributed by atoms with Gasteiger partial charge in [0, 0.05) is 24.3 Å². The highest BCUT2D eigenvalue weighted by Crippen LogP contribution is 2.38. The number of benzene rings is 2. The zero-order chi connectivity index (χ0) is 21.7. The van der Waals surface area contributed by atoms with Crippen LogP contribution in [0.1, 0.15) is 48.7 Å². The van der Waals surface area contributed by atoms with Gasteiger partial charge >= 0.3 is 0 Å². The third-order valence-corrected chi connectivity index (χ3v) is 5.82. The number of amides is 1. The van der Waals surface area contributed by atoms with Crippen molar-refractivity contribution in [2.24, 2.45) is 5.92 Å². The number of nitrogens with zero attached hydrogens (tertiary/aromatic N) is 1. The molecule has 1 saturated heterocycles. The fourth-order valence-corrected chi connectivity index (χ4v) is 3.82. The van der Waals surface area contributed by atoms with Crippen LogP contribution < -0.4 is 24.4 Å². The van der Waals surface area contributed by atoms with E-state index in [-0.39, 0.29) is 11.9 Å². The van der Waals surface area contributed by atoms with E-state index >= 15 is 0 Å². The summed E-state index contributed by atoms with van der Waals surface area (Å²) in [4.78, 5) is 15.3. The molecule has 3 rings (SSSR count). The Kier molecular flexibility index (Phi) is 7.08. The van der Waals surface area contributed by atoms with Gasteiger partial charge in [0.05, 0.1) is 27.4 Å². The first-order chi connectivity index (χ1) is 14.5. The van der Waals surface area contributed by atoms with Crippen LogP contribution in [-0.2, 0) is 0 Å². The summed E-state index contributed by atoms with van der Waals surface area (Å²) >= 11 is 0. The summed E-state index contributed by atoms with van der Waals surface area (Å²) in [6.45, 7) is 6.51. The molecule has 0 bridgehead atoms. The van der Waals surface area contributed by atoms with E-state index in [9.17, 15) is 4.79 Å². The minimum Gasteiger partial charge on any atom is -0.493 e. The van der Waals surface area contributed by atoms with E-state index in [0.29, 0.717) is 22.8 Å². The number of ether oxygens (including phenoxy) is 3. The molecule has 6 nitrogen and oxygen atoms in total. The third-order valence-electron chi connectivity index (χ3n) is 5.82. The van der Waals surface area contributed by atoms with Crippen LogP contribution in [0.3, 0.4) is 0 Å². The van der Waals surface area contributed by atoms with Gasteiger partial charge in [0.15, 0.2) is 11.5 Å². The summed E-state index contributed by atoms with van der Waals surface area (Å²) in [5.74, 6) is 1.99. The largest absolute Gasteiger partial charge is 0.493 e. The van der Waals surface area contributed by atoms with E-state index in [4.69, 9.17) is 14.2 Å². The zero-order valence-electron chi connectivity index (χ0n) is 18.5. The van der Waals surface area contributed by atoms with Crippen molar-refractivity contribution in [3.8, 4) is 17.2 Å². The average Bonchev–Trinajstić information content (AvgIpc) is 2.78. The third kappa shape index (κ3) is 4.81. The lowest BCUT2D eigenvalue weighted by Crippen LogP contribution is -2.32. The van der Waals surface area contributed by atoms with E-state index in [2.05, 4.69) is 41.4 Å². The molecule has 0 aliphatic carbocycles. The first-order valence-electron chi connectivity index (χ1n) is 10.4. The van der Waals surface area contributed by atoms with Crippen LogP contribution in [0.5, 0.6) is 17.2 Å². The summed E-state index contributed by atoms with van der Waals surface area (Å²) < 4.78 is 16.0. The molecule has 162 valence electrons. The number of carbonyl (C=O) groups excluding carboxylic acids is 1. The lowest BCUT2D eigenvalue weighted by Gasteiger charge is -2.32. The maximum atomic E-state index is 12.8. The fourth-order valence-electron chi connectivity index (χ4n) is 3.82. The summed E-state index contributed by atoms with van der Waals surface area (Å²) in [6.07, 6.45) is 2.48. The molecule has 6 heteroatoms. The van der Waals surface area contributed by atoms with Crippen molar-refractivity contribution >= 4 is 11.6 Å². The quantitative estimate of drug-likeness (QED) is 0.729. The number of hydrogen-bond acceptors (Lipinski definition) is 5. The summed E-state index contributed by atoms with van der Waals surface area (Å²) in [5, 5.41) is 3.05. The smallest absolute Gasteiger partial charge is 0.252 e. The normalized spacial score (nSPS) is 15.4. The summed E-state index contributed by atoms with van der Waals surface area (Å²) in [5.41, 5.74) is 2.76. The highest BCUT2D eigenvalue weighted by molar-refractivity contribution is 5.95. The van der Waals surface area contributed by atoms with Gasteiger partial charge in [-0.25, -0.2) is 0 Å². The standard InChI is InChI=1S/C24H32N2O4/c1-16-10-12-26(13-11-16)20-8-6-18(7-9-20)17(2)25-24(27)19-14-21(28-3)23(30-5)22(15-19)29-4/h6-9,14-17H,10-13H2,1-5H3,(H,25,27)/t17-/m1/s1. The van der Waals surface area contributed by atoms with Crippen LogP contribution in [0, 0.1) is 5.92 Å². The zero-order valence-corrected chi connectivity index (χ0v) is 18.5. The Labute approximate surface area is 179 Å². The molecule has 0 saturated carbocycles. The molecule has 0 unspecified atom stereocenters. The average molecular weight is 413 g/mol. The van der Waals surface area contributed by atoms with Crippen LogP contribution in [0.2, 0.25) is 0 Å². The van der Waals surface area contributed by atoms with E-state index in [0.717, 1.165) is 24.6 Å². The van der Waals surface area contributed by atoms with Crippen molar-refractivity contribution in [2.75, 3.05) is 39.3 Å². The highest BCUT2D eigenvalue weighted by atomic mass is 16.5. The maximum Gasteiger partial charge on any atom is 0.252 e. The second kappa shape index (κ2) is 9.74. The minimum atomic E-state index is -0.198. The second-order valence-corrected chi connectivity index (χ2v) is 7.87. The van der Waals surface area contributed by atoms with Gasteiger partial charge < -0.3 is 24.4 Å². The SMILES string of the molecule is COc1cc(C(=O)N[C@H](C)c2ccc(N3CCC(C)CC3)cc2)cc(OC)c1OC. The first kappa shape index (κ1) is 21.8. The topological polar surface area (TPSA) is 60.0 Å². The van der Waals surface area contributed by atoms with Crippen molar-refractivity contribution in [3.05, 3.63) is 47.5 Å². The highest BCUT2D eigenvalue weighted by Gasteiger charge is 2.19. The van der Waals surface area contributed by atoms with Crippen molar-refractivity contribution < 1.29 is 19.0 Å². The molecule has 1 aliphatic rings. The Morgan fingerprint density at radius 1 is 1.00 bits per heavy atom. The van der Waals surface area contributed by atoms with E-state index < -0.39 is 0 Å². The summed E-state index contributed by atoms with van der Waals surface area (Å²) in [7, 11) is 4.61.